The summed E-state index contributed by atoms with van der Waals surface area (Å²) in [5, 5.41) is 3.00. The molecule has 0 radical (unpaired) electrons. The van der Waals surface area contributed by atoms with Crippen LogP contribution in [0.1, 0.15) is 239 Å². The van der Waals surface area contributed by atoms with Crippen LogP contribution in [0.4, 0.5) is 0 Å². The van der Waals surface area contributed by atoms with Crippen molar-refractivity contribution in [1.82, 2.24) is 5.32 Å². The quantitative estimate of drug-likeness (QED) is 0.0161. The SMILES string of the molecule is CCCCC/C=C\C/C=C\C/C=C\CCCCCCC(=O)NC(COP(=O)([O-])OCC[N+](C)(C)C)C(/C=C/CCCCCCCCCCC)OC(=O)CCCCCCCC/C=C/C=C/CCCCC. The molecule has 69 heavy (non-hydrogen) atoms. The van der Waals surface area contributed by atoms with Crippen LogP contribution in [0.5, 0.6) is 0 Å². The third kappa shape index (κ3) is 50.2. The first-order valence-corrected chi connectivity index (χ1v) is 29.7. The van der Waals surface area contributed by atoms with Gasteiger partial charge >= 0.3 is 5.97 Å². The van der Waals surface area contributed by atoms with Gasteiger partial charge in [0.15, 0.2) is 0 Å². The maximum Gasteiger partial charge on any atom is 0.306 e. The standard InChI is InChI=1S/C59H107N2O7P/c1-7-10-13-16-19-22-25-27-29-30-32-33-36-39-42-45-48-51-58(62)60-56(55-67-69(64,65)66-54-53-61(4,5)6)57(50-47-44-41-38-35-24-21-18-15-12-9-3)68-59(63)52-49-46-43-40-37-34-31-28-26-23-20-17-14-11-8-2/h19-20,22-23,26-29,32-33,47,50,56-57H,7-18,21,24-25,30-31,34-46,48-49,51-55H2,1-6H3,(H-,60,62,64,65)/b22-19-,23-20+,28-26+,29-27-,33-32-,50-47+. The average molecular weight is 987 g/mol. The maximum atomic E-state index is 13.5. The number of carbonyl (C=O) groups is 2. The highest BCUT2D eigenvalue weighted by Crippen LogP contribution is 2.38. The van der Waals surface area contributed by atoms with Crippen LogP contribution in [0.2, 0.25) is 0 Å². The van der Waals surface area contributed by atoms with Gasteiger partial charge in [0.25, 0.3) is 7.82 Å². The van der Waals surface area contributed by atoms with Gasteiger partial charge in [-0.2, -0.15) is 0 Å². The van der Waals surface area contributed by atoms with Crippen LogP contribution >= 0.6 is 7.82 Å². The van der Waals surface area contributed by atoms with Crippen LogP contribution in [0.15, 0.2) is 72.9 Å². The van der Waals surface area contributed by atoms with E-state index in [0.29, 0.717) is 23.9 Å². The van der Waals surface area contributed by atoms with E-state index in [1.807, 2.05) is 33.3 Å². The number of nitrogens with zero attached hydrogens (tertiary/aromatic N) is 1. The number of hydrogen-bond acceptors (Lipinski definition) is 7. The van der Waals surface area contributed by atoms with Crippen LogP contribution in [0.3, 0.4) is 0 Å². The largest absolute Gasteiger partial charge is 0.756 e. The zero-order valence-corrected chi connectivity index (χ0v) is 46.4. The number of allylic oxidation sites excluding steroid dienone is 11. The summed E-state index contributed by atoms with van der Waals surface area (Å²) in [6.07, 6.45) is 61.4. The minimum atomic E-state index is -4.70. The van der Waals surface area contributed by atoms with Gasteiger partial charge in [-0.1, -0.05) is 203 Å². The number of likely N-dealkylation sites (N-methyl/N-ethyl adjacent to an activating group) is 1. The maximum absolute atomic E-state index is 13.5. The van der Waals surface area contributed by atoms with Crippen molar-refractivity contribution in [3.8, 4) is 0 Å². The Bertz CT molecular complexity index is 1420. The second-order valence-corrected chi connectivity index (χ2v) is 21.5. The van der Waals surface area contributed by atoms with E-state index >= 15 is 0 Å². The molecule has 0 fully saturated rings. The Kier molecular flexibility index (Phi) is 47.2. The number of ether oxygens (including phenoxy) is 1. The molecule has 0 rings (SSSR count). The lowest BCUT2D eigenvalue weighted by Crippen LogP contribution is -2.47. The molecule has 1 amide bonds. The molecule has 0 aliphatic heterocycles. The second-order valence-electron chi connectivity index (χ2n) is 20.1. The number of hydrogen-bond donors (Lipinski definition) is 1. The van der Waals surface area contributed by atoms with Crippen molar-refractivity contribution in [2.45, 2.75) is 251 Å². The summed E-state index contributed by atoms with van der Waals surface area (Å²) < 4.78 is 30.2. The highest BCUT2D eigenvalue weighted by molar-refractivity contribution is 7.45. The molecular weight excluding hydrogens is 880 g/mol. The van der Waals surface area contributed by atoms with Gasteiger partial charge in [-0.05, 0) is 96.0 Å². The van der Waals surface area contributed by atoms with Crippen LogP contribution in [-0.4, -0.2) is 69.4 Å². The second kappa shape index (κ2) is 49.0. The van der Waals surface area contributed by atoms with E-state index in [4.69, 9.17) is 13.8 Å². The number of unbranched alkanes of at least 4 members (excludes halogenated alkanes) is 25. The van der Waals surface area contributed by atoms with E-state index in [0.717, 1.165) is 103 Å². The summed E-state index contributed by atoms with van der Waals surface area (Å²) in [6, 6.07) is -0.906. The van der Waals surface area contributed by atoms with Crippen LogP contribution in [-0.2, 0) is 27.9 Å². The number of amides is 1. The fourth-order valence-electron chi connectivity index (χ4n) is 7.69. The Hall–Kier alpha value is -2.55. The van der Waals surface area contributed by atoms with Crippen LogP contribution < -0.4 is 10.2 Å². The van der Waals surface area contributed by atoms with Gasteiger partial charge in [0, 0.05) is 12.8 Å². The Labute approximate surface area is 425 Å². The molecule has 0 aliphatic rings. The molecular formula is C59H107N2O7P. The monoisotopic (exact) mass is 987 g/mol. The average Bonchev–Trinajstić information content (AvgIpc) is 3.31. The van der Waals surface area contributed by atoms with Gasteiger partial charge in [0.2, 0.25) is 5.91 Å². The summed E-state index contributed by atoms with van der Waals surface area (Å²) in [5.41, 5.74) is 0. The fraction of sp³-hybridized carbons (Fsp3) is 0.763. The molecule has 0 heterocycles. The van der Waals surface area contributed by atoms with E-state index < -0.39 is 26.6 Å². The third-order valence-corrected chi connectivity index (χ3v) is 13.1. The highest BCUT2D eigenvalue weighted by atomic mass is 31.2. The number of phosphoric ester groups is 1. The summed E-state index contributed by atoms with van der Waals surface area (Å²) in [6.45, 7) is 6.74. The third-order valence-electron chi connectivity index (χ3n) is 12.1. The molecule has 400 valence electrons. The predicted octanol–water partition coefficient (Wildman–Crippen LogP) is 16.3. The van der Waals surface area contributed by atoms with E-state index in [-0.39, 0.29) is 31.3 Å². The lowest BCUT2D eigenvalue weighted by Gasteiger charge is -2.30. The molecule has 0 saturated carbocycles. The Morgan fingerprint density at radius 3 is 1.43 bits per heavy atom. The van der Waals surface area contributed by atoms with Gasteiger partial charge in [0.05, 0.1) is 33.8 Å². The van der Waals surface area contributed by atoms with Crippen LogP contribution in [0, 0.1) is 0 Å². The fourth-order valence-corrected chi connectivity index (χ4v) is 8.42. The molecule has 0 spiro atoms. The van der Waals surface area contributed by atoms with Crippen molar-refractivity contribution in [3.63, 3.8) is 0 Å². The van der Waals surface area contributed by atoms with E-state index in [9.17, 15) is 19.0 Å². The minimum Gasteiger partial charge on any atom is -0.756 e. The Morgan fingerprint density at radius 2 is 0.928 bits per heavy atom. The summed E-state index contributed by atoms with van der Waals surface area (Å²) in [4.78, 5) is 39.8. The van der Waals surface area contributed by atoms with E-state index in [2.05, 4.69) is 86.8 Å². The van der Waals surface area contributed by atoms with Gasteiger partial charge in [-0.15, -0.1) is 0 Å². The van der Waals surface area contributed by atoms with Crippen molar-refractivity contribution in [3.05, 3.63) is 72.9 Å². The number of phosphoric acid groups is 1. The lowest BCUT2D eigenvalue weighted by molar-refractivity contribution is -0.870. The van der Waals surface area contributed by atoms with Gasteiger partial charge in [-0.25, -0.2) is 0 Å². The number of rotatable bonds is 50. The molecule has 3 unspecified atom stereocenters. The number of nitrogens with one attached hydrogen (secondary N) is 1. The highest BCUT2D eigenvalue weighted by Gasteiger charge is 2.27. The molecule has 0 saturated heterocycles. The first-order chi connectivity index (χ1) is 33.4. The zero-order valence-electron chi connectivity index (χ0n) is 45.5. The van der Waals surface area contributed by atoms with Crippen molar-refractivity contribution in [2.75, 3.05) is 40.9 Å². The summed E-state index contributed by atoms with van der Waals surface area (Å²) >= 11 is 0. The summed E-state index contributed by atoms with van der Waals surface area (Å²) in [7, 11) is 1.15. The lowest BCUT2D eigenvalue weighted by atomic mass is 10.1. The normalized spacial score (nSPS) is 14.4. The molecule has 9 nitrogen and oxygen atoms in total. The van der Waals surface area contributed by atoms with Crippen molar-refractivity contribution in [1.29, 1.82) is 0 Å². The predicted molar refractivity (Wildman–Crippen MR) is 293 cm³/mol. The topological polar surface area (TPSA) is 114 Å². The zero-order chi connectivity index (χ0) is 50.8. The first-order valence-electron chi connectivity index (χ1n) is 28.3. The van der Waals surface area contributed by atoms with Crippen molar-refractivity contribution >= 4 is 19.7 Å². The molecule has 3 atom stereocenters. The number of esters is 1. The molecule has 0 aromatic heterocycles. The number of carbonyl (C=O) groups excluding carboxylic acids is 2. The number of quaternary nitrogens is 1. The molecule has 0 aliphatic carbocycles. The molecule has 0 aromatic carbocycles. The van der Waals surface area contributed by atoms with Gasteiger partial charge in [-0.3, -0.25) is 14.2 Å². The van der Waals surface area contributed by atoms with Crippen molar-refractivity contribution < 1.29 is 37.3 Å². The Balaban J connectivity index is 5.40. The molecule has 0 bridgehead atoms. The minimum absolute atomic E-state index is 0.0315. The Morgan fingerprint density at radius 1 is 0.522 bits per heavy atom. The van der Waals surface area contributed by atoms with Gasteiger partial charge in [0.1, 0.15) is 19.3 Å². The van der Waals surface area contributed by atoms with Crippen LogP contribution in [0.25, 0.3) is 0 Å². The van der Waals surface area contributed by atoms with E-state index in [1.165, 1.54) is 89.9 Å². The molecule has 1 N–H and O–H groups in total. The first kappa shape index (κ1) is 66.5. The smallest absolute Gasteiger partial charge is 0.306 e. The van der Waals surface area contributed by atoms with E-state index in [1.54, 1.807) is 0 Å². The molecule has 0 aromatic rings. The molecule has 10 heteroatoms. The summed E-state index contributed by atoms with van der Waals surface area (Å²) in [5.74, 6) is -0.583. The van der Waals surface area contributed by atoms with Gasteiger partial charge < -0.3 is 28.5 Å². The van der Waals surface area contributed by atoms with Crippen molar-refractivity contribution in [2.24, 2.45) is 0 Å².